The van der Waals surface area contributed by atoms with Crippen LogP contribution in [0.2, 0.25) is 0 Å². The van der Waals surface area contributed by atoms with Gasteiger partial charge in [-0.1, -0.05) is 43.3 Å². The predicted molar refractivity (Wildman–Crippen MR) is 154 cm³/mol. The number of halogens is 2. The fraction of sp³-hybridized carbons (Fsp3) is 0.310. The van der Waals surface area contributed by atoms with E-state index in [1.807, 2.05) is 0 Å². The molecule has 0 aliphatic rings. The summed E-state index contributed by atoms with van der Waals surface area (Å²) in [7, 11) is 0.598. The van der Waals surface area contributed by atoms with Crippen LogP contribution in [-0.4, -0.2) is 70.0 Å². The third kappa shape index (κ3) is 6.84. The van der Waals surface area contributed by atoms with E-state index in [2.05, 4.69) is 4.98 Å². The van der Waals surface area contributed by atoms with Gasteiger partial charge in [-0.05, 0) is 54.4 Å². The van der Waals surface area contributed by atoms with Gasteiger partial charge in [0.1, 0.15) is 11.5 Å². The van der Waals surface area contributed by atoms with E-state index in [1.54, 1.807) is 49.4 Å². The van der Waals surface area contributed by atoms with Gasteiger partial charge in [-0.25, -0.2) is 9.88 Å². The summed E-state index contributed by atoms with van der Waals surface area (Å²) in [5.74, 6) is -0.186. The van der Waals surface area contributed by atoms with Crippen molar-refractivity contribution in [1.82, 2.24) is 14.5 Å². The standard InChI is InChI=1S/C29H32F2N3O8P/c1-5-23(33(2)29(36,37)38)27-32-22-14-13-20(19-11-9-18(10-12-19)17-43(39,40-3)41-4)15-24(22)34(27)26-21(16-35)7-6-8-25(26)42-28(30)31/h6-16,23,28,36-38H,5,17H2,1-4H3. The van der Waals surface area contributed by atoms with Crippen LogP contribution < -0.4 is 4.74 Å². The Kier molecular flexibility index (Phi) is 9.77. The van der Waals surface area contributed by atoms with Gasteiger partial charge in [0.05, 0.1) is 23.2 Å². The summed E-state index contributed by atoms with van der Waals surface area (Å²) in [5, 5.41) is 29.9. The van der Waals surface area contributed by atoms with Gasteiger partial charge in [-0.3, -0.25) is 13.9 Å². The number of hydrogen-bond acceptors (Lipinski definition) is 10. The van der Waals surface area contributed by atoms with Gasteiger partial charge in [0.25, 0.3) is 0 Å². The number of ether oxygens (including phenoxy) is 1. The van der Waals surface area contributed by atoms with Crippen LogP contribution in [0, 0.1) is 0 Å². The van der Waals surface area contributed by atoms with Crippen molar-refractivity contribution in [2.24, 2.45) is 0 Å². The number of alkyl halides is 2. The highest BCUT2D eigenvalue weighted by Gasteiger charge is 2.36. The molecule has 4 aromatic rings. The monoisotopic (exact) mass is 619 g/mol. The number of carbonyl (C=O) groups is 1. The highest BCUT2D eigenvalue weighted by Crippen LogP contribution is 2.49. The summed E-state index contributed by atoms with van der Waals surface area (Å²) in [6.45, 7) is -1.50. The molecule has 11 nitrogen and oxygen atoms in total. The minimum atomic E-state index is -3.28. The number of imidazole rings is 1. The van der Waals surface area contributed by atoms with Gasteiger partial charge in [-0.2, -0.15) is 8.78 Å². The Morgan fingerprint density at radius 1 is 1.05 bits per heavy atom. The molecule has 3 aromatic carbocycles. The van der Waals surface area contributed by atoms with E-state index in [1.165, 1.54) is 44.0 Å². The maximum atomic E-state index is 13.5. The maximum Gasteiger partial charge on any atom is 0.387 e. The number of aromatic nitrogens is 2. The molecule has 0 fully saturated rings. The number of aliphatic hydroxyl groups is 3. The number of nitrogens with zero attached hydrogens (tertiary/aromatic N) is 3. The molecule has 0 aliphatic carbocycles. The first kappa shape index (κ1) is 32.4. The summed E-state index contributed by atoms with van der Waals surface area (Å²) < 4.78 is 55.8. The summed E-state index contributed by atoms with van der Waals surface area (Å²) >= 11 is 0. The molecule has 0 aliphatic heterocycles. The lowest BCUT2D eigenvalue weighted by molar-refractivity contribution is -0.396. The van der Waals surface area contributed by atoms with Crippen LogP contribution in [0.1, 0.15) is 41.1 Å². The number of aldehydes is 1. The zero-order chi connectivity index (χ0) is 31.5. The van der Waals surface area contributed by atoms with E-state index >= 15 is 0 Å². The Hall–Kier alpha value is -3.55. The second-order valence-electron chi connectivity index (χ2n) is 9.67. The fourth-order valence-corrected chi connectivity index (χ4v) is 5.93. The largest absolute Gasteiger partial charge is 0.433 e. The fourth-order valence-electron chi connectivity index (χ4n) is 4.87. The Morgan fingerprint density at radius 2 is 1.70 bits per heavy atom. The van der Waals surface area contributed by atoms with Crippen LogP contribution in [0.5, 0.6) is 5.75 Å². The van der Waals surface area contributed by atoms with E-state index in [0.29, 0.717) is 28.4 Å². The third-order valence-corrected chi connectivity index (χ3v) is 8.99. The first-order valence-corrected chi connectivity index (χ1v) is 14.8. The topological polar surface area (TPSA) is 144 Å². The predicted octanol–water partition coefficient (Wildman–Crippen LogP) is 5.06. The lowest BCUT2D eigenvalue weighted by atomic mass is 10.0. The lowest BCUT2D eigenvalue weighted by Crippen LogP contribution is -2.48. The SMILES string of the molecule is CCC(c1nc2ccc(-c3ccc(CP(=O)(OC)OC)cc3)cc2n1-c1c(C=O)cccc1OC(F)F)N(C)C(O)(O)O. The normalized spacial score (nSPS) is 13.2. The van der Waals surface area contributed by atoms with Crippen molar-refractivity contribution >= 4 is 24.9 Å². The highest BCUT2D eigenvalue weighted by molar-refractivity contribution is 7.52. The molecule has 0 saturated carbocycles. The van der Waals surface area contributed by atoms with Crippen LogP contribution in [0.15, 0.2) is 60.7 Å². The van der Waals surface area contributed by atoms with Gasteiger partial charge in [0.15, 0.2) is 12.0 Å². The Labute approximate surface area is 246 Å². The molecule has 4 rings (SSSR count). The number of hydrogen-bond donors (Lipinski definition) is 3. The minimum Gasteiger partial charge on any atom is -0.433 e. The molecule has 1 unspecified atom stereocenters. The minimum absolute atomic E-state index is 0.00920. The number of fused-ring (bicyclic) bond motifs is 1. The first-order chi connectivity index (χ1) is 20.4. The highest BCUT2D eigenvalue weighted by atomic mass is 31.2. The Morgan fingerprint density at radius 3 is 2.26 bits per heavy atom. The molecule has 1 aromatic heterocycles. The van der Waals surface area contributed by atoms with Gasteiger partial charge >= 0.3 is 20.3 Å². The summed E-state index contributed by atoms with van der Waals surface area (Å²) in [6, 6.07) is 15.5. The van der Waals surface area contributed by atoms with Crippen LogP contribution in [0.3, 0.4) is 0 Å². The molecule has 230 valence electrons. The van der Waals surface area contributed by atoms with Crippen molar-refractivity contribution in [1.29, 1.82) is 0 Å². The van der Waals surface area contributed by atoms with E-state index in [4.69, 9.17) is 13.8 Å². The van der Waals surface area contributed by atoms with E-state index in [9.17, 15) is 33.5 Å². The molecule has 0 bridgehead atoms. The third-order valence-electron chi connectivity index (χ3n) is 7.12. The van der Waals surface area contributed by atoms with Crippen molar-refractivity contribution in [3.63, 3.8) is 0 Å². The molecule has 14 heteroatoms. The average Bonchev–Trinajstić information content (AvgIpc) is 3.34. The lowest BCUT2D eigenvalue weighted by Gasteiger charge is -2.33. The molecular formula is C29H32F2N3O8P. The zero-order valence-electron chi connectivity index (χ0n) is 23.8. The maximum absolute atomic E-state index is 13.5. The number of benzene rings is 3. The molecule has 43 heavy (non-hydrogen) atoms. The van der Waals surface area contributed by atoms with Crippen LogP contribution in [0.25, 0.3) is 27.8 Å². The van der Waals surface area contributed by atoms with Gasteiger partial charge in [0.2, 0.25) is 0 Å². The number of rotatable bonds is 13. The van der Waals surface area contributed by atoms with E-state index in [0.717, 1.165) is 10.5 Å². The smallest absolute Gasteiger partial charge is 0.387 e. The molecule has 0 radical (unpaired) electrons. The molecular weight excluding hydrogens is 587 g/mol. The van der Waals surface area contributed by atoms with Crippen molar-refractivity contribution in [3.8, 4) is 22.6 Å². The van der Waals surface area contributed by atoms with Crippen molar-refractivity contribution in [2.75, 3.05) is 21.3 Å². The quantitative estimate of drug-likeness (QED) is 0.106. The molecule has 1 atom stereocenters. The summed E-state index contributed by atoms with van der Waals surface area (Å²) in [4.78, 5) is 17.7. The van der Waals surface area contributed by atoms with Gasteiger partial charge in [0, 0.05) is 19.8 Å². The summed E-state index contributed by atoms with van der Waals surface area (Å²) in [6.07, 6.45) is -2.49. The molecule has 0 amide bonds. The van der Waals surface area contributed by atoms with E-state index in [-0.39, 0.29) is 35.4 Å². The number of para-hydroxylation sites is 1. The molecule has 3 N–H and O–H groups in total. The molecule has 0 spiro atoms. The summed E-state index contributed by atoms with van der Waals surface area (Å²) in [5.41, 5.74) is 2.91. The van der Waals surface area contributed by atoms with Crippen LogP contribution in [-0.2, 0) is 19.8 Å². The second kappa shape index (κ2) is 13.0. The van der Waals surface area contributed by atoms with Crippen molar-refractivity contribution in [3.05, 3.63) is 77.6 Å². The van der Waals surface area contributed by atoms with Gasteiger partial charge in [-0.15, -0.1) is 0 Å². The molecule has 0 saturated heterocycles. The number of carbonyl (C=O) groups excluding carboxylic acids is 1. The zero-order valence-corrected chi connectivity index (χ0v) is 24.7. The van der Waals surface area contributed by atoms with Crippen LogP contribution >= 0.6 is 7.60 Å². The van der Waals surface area contributed by atoms with Crippen molar-refractivity contribution < 1.29 is 47.2 Å². The average molecular weight is 620 g/mol. The molecule has 1 heterocycles. The van der Waals surface area contributed by atoms with Crippen LogP contribution in [0.4, 0.5) is 8.78 Å². The van der Waals surface area contributed by atoms with Gasteiger partial charge < -0.3 is 29.1 Å². The van der Waals surface area contributed by atoms with E-state index < -0.39 is 26.3 Å². The van der Waals surface area contributed by atoms with Crippen molar-refractivity contribution in [2.45, 2.75) is 38.3 Å². The Bertz CT molecular complexity index is 1630. The Balaban J connectivity index is 1.96. The second-order valence-corrected chi connectivity index (χ2v) is 11.9. The first-order valence-electron chi connectivity index (χ1n) is 13.1.